The minimum atomic E-state index is -0.432. The first kappa shape index (κ1) is 20.0. The summed E-state index contributed by atoms with van der Waals surface area (Å²) in [6, 6.07) is 15.2. The molecule has 0 aliphatic carbocycles. The average Bonchev–Trinajstić information content (AvgIpc) is 3.37. The van der Waals surface area contributed by atoms with Crippen molar-refractivity contribution in [1.29, 1.82) is 0 Å². The second-order valence-corrected chi connectivity index (χ2v) is 7.29. The van der Waals surface area contributed by atoms with E-state index < -0.39 is 4.92 Å². The highest BCUT2D eigenvalue weighted by atomic mass is 32.1. The molecule has 0 saturated carbocycles. The fourth-order valence-electron chi connectivity index (χ4n) is 3.61. The lowest BCUT2D eigenvalue weighted by Gasteiger charge is -2.25. The lowest BCUT2D eigenvalue weighted by atomic mass is 10.0. The van der Waals surface area contributed by atoms with Gasteiger partial charge in [0.15, 0.2) is 5.11 Å². The van der Waals surface area contributed by atoms with Crippen LogP contribution in [0.25, 0.3) is 11.3 Å². The molecule has 1 aliphatic rings. The maximum absolute atomic E-state index is 10.9. The van der Waals surface area contributed by atoms with Crippen LogP contribution in [0, 0.1) is 10.1 Å². The summed E-state index contributed by atoms with van der Waals surface area (Å²) >= 11 is 5.55. The summed E-state index contributed by atoms with van der Waals surface area (Å²) in [6.07, 6.45) is 2.31. The summed E-state index contributed by atoms with van der Waals surface area (Å²) < 4.78 is 6.16. The Morgan fingerprint density at radius 2 is 2.00 bits per heavy atom. The van der Waals surface area contributed by atoms with Gasteiger partial charge in [0.25, 0.3) is 5.69 Å². The van der Waals surface area contributed by atoms with Gasteiger partial charge in [-0.05, 0) is 55.0 Å². The molecule has 1 aromatic carbocycles. The number of nitrogens with zero attached hydrogens (tertiary/aromatic N) is 3. The van der Waals surface area contributed by atoms with Crippen molar-refractivity contribution in [1.82, 2.24) is 15.2 Å². The van der Waals surface area contributed by atoms with Crippen molar-refractivity contribution in [2.45, 2.75) is 18.5 Å². The first-order chi connectivity index (χ1) is 14.6. The summed E-state index contributed by atoms with van der Waals surface area (Å²) in [6.45, 7) is 0.635. The predicted molar refractivity (Wildman–Crippen MR) is 115 cm³/mol. The topological polar surface area (TPSA) is 105 Å². The summed E-state index contributed by atoms with van der Waals surface area (Å²) in [7, 11) is 0. The van der Waals surface area contributed by atoms with Crippen LogP contribution in [-0.4, -0.2) is 38.2 Å². The third-order valence-electron chi connectivity index (χ3n) is 5.04. The van der Waals surface area contributed by atoms with E-state index in [1.54, 1.807) is 18.3 Å². The number of thiocarbonyl (C=S) groups is 1. The molecule has 0 radical (unpaired) electrons. The van der Waals surface area contributed by atoms with E-state index in [1.807, 2.05) is 35.2 Å². The molecule has 2 N–H and O–H groups in total. The molecule has 1 aliphatic heterocycles. The summed E-state index contributed by atoms with van der Waals surface area (Å²) in [5.74, 6) is 1.31. The van der Waals surface area contributed by atoms with Gasteiger partial charge in [-0.25, -0.2) is 0 Å². The molecule has 1 fully saturated rings. The maximum atomic E-state index is 10.9. The molecule has 2 atom stereocenters. The summed E-state index contributed by atoms with van der Waals surface area (Å²) in [4.78, 5) is 16.9. The van der Waals surface area contributed by atoms with Gasteiger partial charge in [-0.15, -0.1) is 0 Å². The maximum Gasteiger partial charge on any atom is 0.269 e. The smallest absolute Gasteiger partial charge is 0.269 e. The van der Waals surface area contributed by atoms with E-state index in [0.717, 1.165) is 11.3 Å². The van der Waals surface area contributed by atoms with Crippen molar-refractivity contribution in [2.24, 2.45) is 0 Å². The first-order valence-corrected chi connectivity index (χ1v) is 9.93. The Hall–Kier alpha value is -3.30. The van der Waals surface area contributed by atoms with E-state index in [9.17, 15) is 15.2 Å². The summed E-state index contributed by atoms with van der Waals surface area (Å²) in [5.41, 5.74) is 1.61. The normalized spacial score (nSPS) is 18.4. The van der Waals surface area contributed by atoms with Gasteiger partial charge in [0.05, 0.1) is 16.7 Å². The third kappa shape index (κ3) is 3.89. The van der Waals surface area contributed by atoms with Gasteiger partial charge < -0.3 is 19.7 Å². The van der Waals surface area contributed by atoms with Crippen LogP contribution in [-0.2, 0) is 0 Å². The number of hydrogen-bond acceptors (Lipinski definition) is 6. The minimum absolute atomic E-state index is 0.0289. The molecule has 2 aromatic heterocycles. The number of aromatic nitrogens is 1. The lowest BCUT2D eigenvalue weighted by molar-refractivity contribution is -0.384. The number of aliphatic hydroxyl groups excluding tert-OH is 1. The van der Waals surface area contributed by atoms with Crippen LogP contribution in [0.1, 0.15) is 30.0 Å². The zero-order chi connectivity index (χ0) is 21.1. The number of nitrogens with one attached hydrogen (secondary N) is 1. The highest BCUT2D eigenvalue weighted by molar-refractivity contribution is 7.80. The van der Waals surface area contributed by atoms with Gasteiger partial charge in [-0.3, -0.25) is 15.1 Å². The largest absolute Gasteiger partial charge is 0.459 e. The van der Waals surface area contributed by atoms with Crippen LogP contribution in [0.5, 0.6) is 0 Å². The molecule has 30 heavy (non-hydrogen) atoms. The quantitative estimate of drug-likeness (QED) is 0.337. The van der Waals surface area contributed by atoms with Crippen LogP contribution in [0.15, 0.2) is 65.2 Å². The van der Waals surface area contributed by atoms with Crippen molar-refractivity contribution in [3.63, 3.8) is 0 Å². The van der Waals surface area contributed by atoms with Gasteiger partial charge in [-0.1, -0.05) is 6.07 Å². The highest BCUT2D eigenvalue weighted by Gasteiger charge is 2.41. The van der Waals surface area contributed by atoms with Crippen LogP contribution in [0.4, 0.5) is 5.69 Å². The lowest BCUT2D eigenvalue weighted by Crippen LogP contribution is -2.30. The number of benzene rings is 1. The first-order valence-electron chi connectivity index (χ1n) is 9.52. The van der Waals surface area contributed by atoms with Crippen LogP contribution in [0.3, 0.4) is 0 Å². The SMILES string of the molecule is O=[N+]([O-])c1ccc(-c2ccc(C3C(c4ccccn4)NC(=S)N3CCCO)o2)cc1. The molecule has 0 spiro atoms. The van der Waals surface area contributed by atoms with Gasteiger partial charge in [-0.2, -0.15) is 0 Å². The minimum Gasteiger partial charge on any atom is -0.459 e. The fourth-order valence-corrected chi connectivity index (χ4v) is 3.94. The zero-order valence-corrected chi connectivity index (χ0v) is 16.8. The number of rotatable bonds is 7. The second-order valence-electron chi connectivity index (χ2n) is 6.90. The molecule has 8 nitrogen and oxygen atoms in total. The highest BCUT2D eigenvalue weighted by Crippen LogP contribution is 2.40. The van der Waals surface area contributed by atoms with E-state index in [4.69, 9.17) is 16.6 Å². The number of furan rings is 1. The number of non-ortho nitro benzene ring substituents is 1. The van der Waals surface area contributed by atoms with Crippen molar-refractivity contribution in [3.8, 4) is 11.3 Å². The average molecular weight is 424 g/mol. The number of nitro benzene ring substituents is 1. The zero-order valence-electron chi connectivity index (χ0n) is 16.0. The Morgan fingerprint density at radius 3 is 2.67 bits per heavy atom. The Kier molecular flexibility index (Phi) is 5.73. The molecule has 154 valence electrons. The molecule has 4 rings (SSSR count). The monoisotopic (exact) mass is 424 g/mol. The number of hydrogen-bond donors (Lipinski definition) is 2. The van der Waals surface area contributed by atoms with Gasteiger partial charge in [0.1, 0.15) is 17.6 Å². The molecule has 2 unspecified atom stereocenters. The van der Waals surface area contributed by atoms with E-state index >= 15 is 0 Å². The number of nitro groups is 1. The number of aliphatic hydroxyl groups is 1. The molecular formula is C21H20N4O4S. The molecule has 1 saturated heterocycles. The predicted octanol–water partition coefficient (Wildman–Crippen LogP) is 3.60. The van der Waals surface area contributed by atoms with E-state index in [2.05, 4.69) is 10.3 Å². The molecule has 0 amide bonds. The van der Waals surface area contributed by atoms with Crippen molar-refractivity contribution < 1.29 is 14.4 Å². The Balaban J connectivity index is 1.67. The van der Waals surface area contributed by atoms with Crippen molar-refractivity contribution >= 4 is 23.0 Å². The summed E-state index contributed by atoms with van der Waals surface area (Å²) in [5, 5.41) is 24.1. The van der Waals surface area contributed by atoms with Crippen molar-refractivity contribution in [2.75, 3.05) is 13.2 Å². The van der Waals surface area contributed by atoms with Crippen LogP contribution >= 0.6 is 12.2 Å². The van der Waals surface area contributed by atoms with E-state index in [0.29, 0.717) is 29.6 Å². The Bertz CT molecular complexity index is 1040. The standard InChI is InChI=1S/C21H20N4O4S/c26-13-3-12-24-20(19(23-21(24)30)16-4-1-2-11-22-16)18-10-9-17(29-18)14-5-7-15(8-6-14)25(27)28/h1-2,4-11,19-20,26H,3,12-13H2,(H,23,30). The Labute approximate surface area is 178 Å². The number of pyridine rings is 1. The Morgan fingerprint density at radius 1 is 1.20 bits per heavy atom. The van der Waals surface area contributed by atoms with Gasteiger partial charge in [0, 0.05) is 37.0 Å². The molecular weight excluding hydrogens is 404 g/mol. The van der Waals surface area contributed by atoms with Gasteiger partial charge in [0.2, 0.25) is 0 Å². The second kappa shape index (κ2) is 8.60. The van der Waals surface area contributed by atoms with E-state index in [-0.39, 0.29) is 24.4 Å². The van der Waals surface area contributed by atoms with Crippen molar-refractivity contribution in [3.05, 3.63) is 82.4 Å². The fraction of sp³-hybridized carbons (Fsp3) is 0.238. The van der Waals surface area contributed by atoms with Gasteiger partial charge >= 0.3 is 0 Å². The molecule has 3 aromatic rings. The van der Waals surface area contributed by atoms with Crippen LogP contribution < -0.4 is 5.32 Å². The molecule has 0 bridgehead atoms. The molecule has 9 heteroatoms. The third-order valence-corrected chi connectivity index (χ3v) is 5.39. The molecule has 3 heterocycles. The van der Waals surface area contributed by atoms with Crippen LogP contribution in [0.2, 0.25) is 0 Å². The van der Waals surface area contributed by atoms with E-state index in [1.165, 1.54) is 12.1 Å².